The summed E-state index contributed by atoms with van der Waals surface area (Å²) in [5, 5.41) is 0.811. The molecule has 3 rings (SSSR count). The summed E-state index contributed by atoms with van der Waals surface area (Å²) in [6, 6.07) is 14.5. The number of anilines is 1. The van der Waals surface area contributed by atoms with Crippen LogP contribution in [0.4, 0.5) is 5.69 Å². The third-order valence-corrected chi connectivity index (χ3v) is 6.05. The van der Waals surface area contributed by atoms with E-state index in [0.717, 1.165) is 11.1 Å². The first kappa shape index (κ1) is 19.5. The number of aryl methyl sites for hydroxylation is 1. The van der Waals surface area contributed by atoms with Gasteiger partial charge >= 0.3 is 0 Å². The maximum atomic E-state index is 12.7. The highest BCUT2D eigenvalue weighted by atomic mass is 35.5. The van der Waals surface area contributed by atoms with Crippen molar-refractivity contribution in [3.05, 3.63) is 92.3 Å². The molecule has 27 heavy (non-hydrogen) atoms. The van der Waals surface area contributed by atoms with Crippen LogP contribution in [0.5, 0.6) is 0 Å². The monoisotopic (exact) mass is 422 g/mol. The van der Waals surface area contributed by atoms with E-state index in [1.165, 1.54) is 22.8 Å². The molecular weight excluding hydrogens is 407 g/mol. The fourth-order valence-electron chi connectivity index (χ4n) is 2.49. The molecule has 1 heterocycles. The van der Waals surface area contributed by atoms with Crippen molar-refractivity contribution in [2.75, 3.05) is 4.72 Å². The number of hydrogen-bond acceptors (Lipinski definition) is 3. The predicted molar refractivity (Wildman–Crippen MR) is 108 cm³/mol. The summed E-state index contributed by atoms with van der Waals surface area (Å²) >= 11 is 11.9. The van der Waals surface area contributed by atoms with Gasteiger partial charge in [-0.25, -0.2) is 8.42 Å². The third-order valence-electron chi connectivity index (χ3n) is 3.93. The third kappa shape index (κ3) is 4.53. The lowest BCUT2D eigenvalue weighted by Crippen LogP contribution is -2.26. The summed E-state index contributed by atoms with van der Waals surface area (Å²) in [6.45, 7) is 2.10. The topological polar surface area (TPSA) is 68.2 Å². The Morgan fingerprint density at radius 1 is 1.00 bits per heavy atom. The van der Waals surface area contributed by atoms with Crippen LogP contribution < -0.4 is 10.3 Å². The van der Waals surface area contributed by atoms with E-state index in [0.29, 0.717) is 10.0 Å². The summed E-state index contributed by atoms with van der Waals surface area (Å²) in [5.41, 5.74) is 1.22. The van der Waals surface area contributed by atoms with Gasteiger partial charge in [-0.1, -0.05) is 47.0 Å². The van der Waals surface area contributed by atoms with Gasteiger partial charge < -0.3 is 4.57 Å². The second kappa shape index (κ2) is 7.76. The quantitative estimate of drug-likeness (QED) is 0.665. The molecule has 0 amide bonds. The number of halogens is 2. The molecule has 0 aliphatic rings. The largest absolute Gasteiger partial charge is 0.309 e. The van der Waals surface area contributed by atoms with Gasteiger partial charge in [-0.3, -0.25) is 9.52 Å². The zero-order valence-corrected chi connectivity index (χ0v) is 16.6. The van der Waals surface area contributed by atoms with E-state index in [1.54, 1.807) is 42.6 Å². The van der Waals surface area contributed by atoms with Crippen molar-refractivity contribution in [1.82, 2.24) is 4.57 Å². The number of nitrogens with zero attached hydrogens (tertiary/aromatic N) is 1. The van der Waals surface area contributed by atoms with Gasteiger partial charge in [0, 0.05) is 6.20 Å². The second-order valence-corrected chi connectivity index (χ2v) is 8.52. The Kier molecular flexibility index (Phi) is 5.60. The molecule has 0 unspecified atom stereocenters. The standard InChI is InChI=1S/C19H16Cl2N2O3S/c1-13-4-7-15(8-5-13)27(25,26)22-18-3-2-10-23(19(18)24)12-14-6-9-16(20)17(21)11-14/h2-11,22H,12H2,1H3. The first-order chi connectivity index (χ1) is 12.8. The molecule has 0 saturated carbocycles. The fourth-order valence-corrected chi connectivity index (χ4v) is 3.87. The molecule has 2 aromatic carbocycles. The molecule has 0 radical (unpaired) electrons. The molecule has 0 spiro atoms. The van der Waals surface area contributed by atoms with Gasteiger partial charge in [-0.15, -0.1) is 0 Å². The zero-order chi connectivity index (χ0) is 19.6. The SMILES string of the molecule is Cc1ccc(S(=O)(=O)Nc2cccn(Cc3ccc(Cl)c(Cl)c3)c2=O)cc1. The van der Waals surface area contributed by atoms with Crippen LogP contribution in [0.1, 0.15) is 11.1 Å². The van der Waals surface area contributed by atoms with E-state index >= 15 is 0 Å². The van der Waals surface area contributed by atoms with E-state index in [-0.39, 0.29) is 17.1 Å². The summed E-state index contributed by atoms with van der Waals surface area (Å²) in [6.07, 6.45) is 1.58. The average molecular weight is 423 g/mol. The smallest absolute Gasteiger partial charge is 0.275 e. The predicted octanol–water partition coefficient (Wildman–Crippen LogP) is 4.31. The molecule has 0 atom stereocenters. The van der Waals surface area contributed by atoms with Crippen molar-refractivity contribution in [1.29, 1.82) is 0 Å². The number of nitrogens with one attached hydrogen (secondary N) is 1. The van der Waals surface area contributed by atoms with E-state index in [4.69, 9.17) is 23.2 Å². The minimum atomic E-state index is -3.86. The van der Waals surface area contributed by atoms with Gasteiger partial charge in [0.05, 0.1) is 21.5 Å². The number of sulfonamides is 1. The first-order valence-electron chi connectivity index (χ1n) is 7.99. The molecule has 3 aromatic rings. The van der Waals surface area contributed by atoms with Crippen LogP contribution in [0.15, 0.2) is 70.5 Å². The van der Waals surface area contributed by atoms with Crippen molar-refractivity contribution < 1.29 is 8.42 Å². The Bertz CT molecular complexity index is 1140. The zero-order valence-electron chi connectivity index (χ0n) is 14.3. The van der Waals surface area contributed by atoms with Gasteiger partial charge in [0.25, 0.3) is 15.6 Å². The molecular formula is C19H16Cl2N2O3S. The minimum absolute atomic E-state index is 0.0295. The normalized spacial score (nSPS) is 11.4. The van der Waals surface area contributed by atoms with Crippen molar-refractivity contribution in [2.45, 2.75) is 18.4 Å². The van der Waals surface area contributed by atoms with Crippen molar-refractivity contribution in [2.24, 2.45) is 0 Å². The van der Waals surface area contributed by atoms with Crippen LogP contribution >= 0.6 is 23.2 Å². The van der Waals surface area contributed by atoms with Crippen LogP contribution in [-0.2, 0) is 16.6 Å². The van der Waals surface area contributed by atoms with E-state index in [1.807, 2.05) is 6.92 Å². The van der Waals surface area contributed by atoms with Crippen molar-refractivity contribution >= 4 is 38.9 Å². The Balaban J connectivity index is 1.89. The van der Waals surface area contributed by atoms with Gasteiger partial charge in [-0.05, 0) is 48.9 Å². The average Bonchev–Trinajstić information content (AvgIpc) is 2.62. The molecule has 5 nitrogen and oxygen atoms in total. The lowest BCUT2D eigenvalue weighted by Gasteiger charge is -2.11. The number of benzene rings is 2. The maximum Gasteiger partial charge on any atom is 0.275 e. The summed E-state index contributed by atoms with van der Waals surface area (Å²) in [5.74, 6) is 0. The lowest BCUT2D eigenvalue weighted by atomic mass is 10.2. The summed E-state index contributed by atoms with van der Waals surface area (Å²) in [4.78, 5) is 12.8. The van der Waals surface area contributed by atoms with Crippen LogP contribution in [0.3, 0.4) is 0 Å². The molecule has 0 bridgehead atoms. The van der Waals surface area contributed by atoms with E-state index in [9.17, 15) is 13.2 Å². The molecule has 0 aliphatic heterocycles. The number of rotatable bonds is 5. The van der Waals surface area contributed by atoms with E-state index in [2.05, 4.69) is 4.72 Å². The Hall–Kier alpha value is -2.28. The second-order valence-electron chi connectivity index (χ2n) is 6.02. The number of pyridine rings is 1. The molecule has 0 saturated heterocycles. The van der Waals surface area contributed by atoms with E-state index < -0.39 is 15.6 Å². The molecule has 1 N–H and O–H groups in total. The fraction of sp³-hybridized carbons (Fsp3) is 0.105. The Labute approximate surface area is 167 Å². The summed E-state index contributed by atoms with van der Waals surface area (Å²) < 4.78 is 28.8. The number of aromatic nitrogens is 1. The van der Waals surface area contributed by atoms with Crippen molar-refractivity contribution in [3.63, 3.8) is 0 Å². The lowest BCUT2D eigenvalue weighted by molar-refractivity contribution is 0.601. The number of hydrogen-bond donors (Lipinski definition) is 1. The molecule has 0 fully saturated rings. The van der Waals surface area contributed by atoms with Crippen LogP contribution in [0, 0.1) is 6.92 Å². The summed E-state index contributed by atoms with van der Waals surface area (Å²) in [7, 11) is -3.86. The van der Waals surface area contributed by atoms with Crippen molar-refractivity contribution in [3.8, 4) is 0 Å². The van der Waals surface area contributed by atoms with Gasteiger partial charge in [-0.2, -0.15) is 0 Å². The molecule has 140 valence electrons. The highest BCUT2D eigenvalue weighted by molar-refractivity contribution is 7.92. The van der Waals surface area contributed by atoms with Crippen LogP contribution in [0.25, 0.3) is 0 Å². The molecule has 1 aromatic heterocycles. The first-order valence-corrected chi connectivity index (χ1v) is 10.2. The van der Waals surface area contributed by atoms with Crippen LogP contribution in [-0.4, -0.2) is 13.0 Å². The van der Waals surface area contributed by atoms with Gasteiger partial charge in [0.1, 0.15) is 5.69 Å². The highest BCUT2D eigenvalue weighted by Crippen LogP contribution is 2.23. The Morgan fingerprint density at radius 3 is 2.37 bits per heavy atom. The molecule has 8 heteroatoms. The minimum Gasteiger partial charge on any atom is -0.309 e. The maximum absolute atomic E-state index is 12.7. The molecule has 0 aliphatic carbocycles. The van der Waals surface area contributed by atoms with Crippen LogP contribution in [0.2, 0.25) is 10.0 Å². The Morgan fingerprint density at radius 2 is 1.70 bits per heavy atom. The van der Waals surface area contributed by atoms with Gasteiger partial charge in [0.2, 0.25) is 0 Å². The highest BCUT2D eigenvalue weighted by Gasteiger charge is 2.16. The van der Waals surface area contributed by atoms with Gasteiger partial charge in [0.15, 0.2) is 0 Å².